The number of amides is 1. The van der Waals surface area contributed by atoms with Crippen molar-refractivity contribution in [2.75, 3.05) is 69.4 Å². The minimum absolute atomic E-state index is 0.0376. The van der Waals surface area contributed by atoms with Gasteiger partial charge in [-0.05, 0) is 43.5 Å². The molecule has 0 aliphatic carbocycles. The summed E-state index contributed by atoms with van der Waals surface area (Å²) in [5.74, 6) is 0.637. The number of fused-ring (bicyclic) bond motifs is 2. The molecule has 4 heterocycles. The normalized spacial score (nSPS) is 21.4. The van der Waals surface area contributed by atoms with Crippen LogP contribution in [0, 0.1) is 0 Å². The highest BCUT2D eigenvalue weighted by Crippen LogP contribution is 2.37. The van der Waals surface area contributed by atoms with Crippen molar-refractivity contribution in [3.05, 3.63) is 64.8 Å². The molecule has 0 radical (unpaired) electrons. The van der Waals surface area contributed by atoms with Crippen molar-refractivity contribution in [2.24, 2.45) is 0 Å². The van der Waals surface area contributed by atoms with Crippen molar-refractivity contribution in [1.82, 2.24) is 19.8 Å². The molecule has 0 unspecified atom stereocenters. The number of likely N-dealkylation sites (tertiary alicyclic amines) is 1. The smallest absolute Gasteiger partial charge is 0.318 e. The van der Waals surface area contributed by atoms with E-state index in [1.807, 2.05) is 30.1 Å². The number of anilines is 2. The maximum Gasteiger partial charge on any atom is 0.318 e. The second-order valence-electron chi connectivity index (χ2n) is 11.1. The van der Waals surface area contributed by atoms with Crippen LogP contribution < -0.4 is 14.5 Å². The van der Waals surface area contributed by atoms with E-state index >= 15 is 0 Å². The standard InChI is InChI=1S/C31H35ClF2N6O2/c1-37-18-22(34)17-23(37)20-42-31-35-26-19-40(27-8-3-6-21-5-2-7-25(32)29(21)27)12-10-24(26)30(36-31)39-15-13-38(14-16-39)28(41)9-4-11-33/h2-9,22-23H,10-20H2,1H3/b9-4+/t22-,23+/m1/s1. The molecule has 3 aromatic rings. The maximum atomic E-state index is 14.0. The molecular formula is C31H35ClF2N6O2. The van der Waals surface area contributed by atoms with Gasteiger partial charge in [-0.3, -0.25) is 9.69 Å². The molecule has 42 heavy (non-hydrogen) atoms. The van der Waals surface area contributed by atoms with Crippen LogP contribution in [-0.4, -0.2) is 97.5 Å². The van der Waals surface area contributed by atoms with Crippen LogP contribution in [0.5, 0.6) is 6.01 Å². The van der Waals surface area contributed by atoms with Crippen molar-refractivity contribution >= 4 is 39.8 Å². The molecule has 2 aromatic carbocycles. The van der Waals surface area contributed by atoms with Gasteiger partial charge in [0.25, 0.3) is 0 Å². The molecule has 2 atom stereocenters. The monoisotopic (exact) mass is 596 g/mol. The fourth-order valence-electron chi connectivity index (χ4n) is 6.23. The van der Waals surface area contributed by atoms with Crippen molar-refractivity contribution in [1.29, 1.82) is 0 Å². The molecule has 0 bridgehead atoms. The summed E-state index contributed by atoms with van der Waals surface area (Å²) in [7, 11) is 1.91. The third kappa shape index (κ3) is 5.87. The van der Waals surface area contributed by atoms with Crippen LogP contribution in [-0.2, 0) is 17.8 Å². The average Bonchev–Trinajstić information content (AvgIpc) is 3.34. The second-order valence-corrected chi connectivity index (χ2v) is 11.6. The molecule has 222 valence electrons. The molecule has 3 aliphatic rings. The molecule has 0 spiro atoms. The summed E-state index contributed by atoms with van der Waals surface area (Å²) in [5, 5.41) is 2.81. The first-order valence-electron chi connectivity index (χ1n) is 14.5. The highest BCUT2D eigenvalue weighted by atomic mass is 35.5. The first-order chi connectivity index (χ1) is 20.4. The number of alkyl halides is 2. The number of nitrogens with zero attached hydrogens (tertiary/aromatic N) is 6. The Kier molecular flexibility index (Phi) is 8.44. The maximum absolute atomic E-state index is 14.0. The number of carbonyl (C=O) groups is 1. The Hall–Kier alpha value is -3.50. The lowest BCUT2D eigenvalue weighted by Crippen LogP contribution is -2.49. The SMILES string of the molecule is CN1C[C@H](F)C[C@H]1COc1nc2c(c(N3CCN(C(=O)/C=C/CF)CC3)n1)CCN(c1cccc3cccc(Cl)c13)C2. The van der Waals surface area contributed by atoms with Crippen LogP contribution in [0.2, 0.25) is 5.02 Å². The Morgan fingerprint density at radius 1 is 1.10 bits per heavy atom. The van der Waals surface area contributed by atoms with E-state index in [4.69, 9.17) is 26.3 Å². The van der Waals surface area contributed by atoms with E-state index in [1.54, 1.807) is 4.90 Å². The zero-order valence-electron chi connectivity index (χ0n) is 23.7. The van der Waals surface area contributed by atoms with Crippen molar-refractivity contribution in [3.8, 4) is 6.01 Å². The molecule has 0 saturated carbocycles. The Balaban J connectivity index is 1.28. The van der Waals surface area contributed by atoms with E-state index in [2.05, 4.69) is 28.0 Å². The number of halogens is 3. The van der Waals surface area contributed by atoms with E-state index < -0.39 is 12.8 Å². The van der Waals surface area contributed by atoms with Gasteiger partial charge in [-0.2, -0.15) is 9.97 Å². The van der Waals surface area contributed by atoms with Crippen LogP contribution in [0.3, 0.4) is 0 Å². The van der Waals surface area contributed by atoms with Crippen LogP contribution in [0.4, 0.5) is 20.3 Å². The van der Waals surface area contributed by atoms with Crippen molar-refractivity contribution in [2.45, 2.75) is 31.6 Å². The number of hydrogen-bond acceptors (Lipinski definition) is 7. The predicted molar refractivity (Wildman–Crippen MR) is 161 cm³/mol. The fraction of sp³-hybridized carbons (Fsp3) is 0.452. The van der Waals surface area contributed by atoms with E-state index in [9.17, 15) is 13.6 Å². The van der Waals surface area contributed by atoms with Crippen LogP contribution in [0.15, 0.2) is 48.6 Å². The van der Waals surface area contributed by atoms with Gasteiger partial charge in [0.2, 0.25) is 5.91 Å². The quantitative estimate of drug-likeness (QED) is 0.374. The number of hydrogen-bond donors (Lipinski definition) is 0. The summed E-state index contributed by atoms with van der Waals surface area (Å²) < 4.78 is 32.6. The number of aromatic nitrogens is 2. The number of likely N-dealkylation sites (N-methyl/N-ethyl adjacent to an activating group) is 1. The highest BCUT2D eigenvalue weighted by molar-refractivity contribution is 6.36. The largest absolute Gasteiger partial charge is 0.462 e. The van der Waals surface area contributed by atoms with Crippen molar-refractivity contribution in [3.63, 3.8) is 0 Å². The predicted octanol–water partition coefficient (Wildman–Crippen LogP) is 4.44. The number of benzene rings is 2. The Morgan fingerprint density at radius 3 is 2.62 bits per heavy atom. The van der Waals surface area contributed by atoms with Gasteiger partial charge in [0.05, 0.1) is 17.3 Å². The topological polar surface area (TPSA) is 65.0 Å². The van der Waals surface area contributed by atoms with Gasteiger partial charge in [0.15, 0.2) is 0 Å². The third-order valence-electron chi connectivity index (χ3n) is 8.48. The molecule has 1 aromatic heterocycles. The fourth-order valence-corrected chi connectivity index (χ4v) is 6.51. The van der Waals surface area contributed by atoms with Gasteiger partial charge in [0.1, 0.15) is 25.3 Å². The molecule has 0 N–H and O–H groups in total. The van der Waals surface area contributed by atoms with Gasteiger partial charge in [-0.25, -0.2) is 8.78 Å². The van der Waals surface area contributed by atoms with Gasteiger partial charge < -0.3 is 19.4 Å². The highest BCUT2D eigenvalue weighted by Gasteiger charge is 2.32. The molecule has 6 rings (SSSR count). The van der Waals surface area contributed by atoms with E-state index in [0.717, 1.165) is 46.5 Å². The number of ether oxygens (including phenoxy) is 1. The zero-order chi connectivity index (χ0) is 29.2. The van der Waals surface area contributed by atoms with Gasteiger partial charge in [0, 0.05) is 68.0 Å². The Morgan fingerprint density at radius 2 is 1.88 bits per heavy atom. The van der Waals surface area contributed by atoms with Crippen LogP contribution in [0.1, 0.15) is 17.7 Å². The van der Waals surface area contributed by atoms with Crippen LogP contribution in [0.25, 0.3) is 10.8 Å². The van der Waals surface area contributed by atoms with E-state index in [1.165, 1.54) is 12.2 Å². The molecular weight excluding hydrogens is 562 g/mol. The molecule has 2 fully saturated rings. The first-order valence-corrected chi connectivity index (χ1v) is 14.8. The van der Waals surface area contributed by atoms with Gasteiger partial charge in [-0.1, -0.05) is 35.9 Å². The van der Waals surface area contributed by atoms with Gasteiger partial charge >= 0.3 is 6.01 Å². The zero-order valence-corrected chi connectivity index (χ0v) is 24.4. The Bertz CT molecular complexity index is 1480. The second kappa shape index (κ2) is 12.4. The van der Waals surface area contributed by atoms with E-state index in [-0.39, 0.29) is 18.0 Å². The van der Waals surface area contributed by atoms with Crippen molar-refractivity contribution < 1.29 is 18.3 Å². The van der Waals surface area contributed by atoms with Crippen LogP contribution >= 0.6 is 11.6 Å². The number of piperazine rings is 1. The summed E-state index contributed by atoms with van der Waals surface area (Å²) in [5.41, 5.74) is 3.02. The molecule has 2 saturated heterocycles. The minimum atomic E-state index is -0.858. The summed E-state index contributed by atoms with van der Waals surface area (Å²) in [6, 6.07) is 12.4. The summed E-state index contributed by atoms with van der Waals surface area (Å²) >= 11 is 6.66. The molecule has 11 heteroatoms. The number of allylic oxidation sites excluding steroid dienone is 1. The average molecular weight is 597 g/mol. The number of carbonyl (C=O) groups excluding carboxylic acids is 1. The Labute approximate surface area is 249 Å². The lowest BCUT2D eigenvalue weighted by atomic mass is 10.0. The lowest BCUT2D eigenvalue weighted by molar-refractivity contribution is -0.126. The molecule has 3 aliphatic heterocycles. The molecule has 8 nitrogen and oxygen atoms in total. The first kappa shape index (κ1) is 28.6. The summed E-state index contributed by atoms with van der Waals surface area (Å²) in [6.45, 7) is 3.58. The number of rotatable bonds is 7. The summed E-state index contributed by atoms with van der Waals surface area (Å²) in [6.07, 6.45) is 2.84. The van der Waals surface area contributed by atoms with Gasteiger partial charge in [-0.15, -0.1) is 0 Å². The molecule has 1 amide bonds. The third-order valence-corrected chi connectivity index (χ3v) is 8.79. The summed E-state index contributed by atoms with van der Waals surface area (Å²) in [4.78, 5) is 30.3. The lowest BCUT2D eigenvalue weighted by Gasteiger charge is -2.38. The van der Waals surface area contributed by atoms with E-state index in [0.29, 0.717) is 57.3 Å². The minimum Gasteiger partial charge on any atom is -0.462 e.